The van der Waals surface area contributed by atoms with E-state index in [1.54, 1.807) is 0 Å². The molecule has 0 spiro atoms. The van der Waals surface area contributed by atoms with E-state index in [4.69, 9.17) is 9.47 Å². The maximum atomic E-state index is 13.2. The van der Waals surface area contributed by atoms with Gasteiger partial charge in [-0.15, -0.1) is 0 Å². The molecule has 164 valence electrons. The molecule has 1 aliphatic heterocycles. The van der Waals surface area contributed by atoms with Crippen molar-refractivity contribution in [2.45, 2.75) is 79.9 Å². The highest BCUT2D eigenvalue weighted by Crippen LogP contribution is 2.43. The molecule has 1 atom stereocenters. The zero-order valence-electron chi connectivity index (χ0n) is 19.5. The number of aryl methyl sites for hydroxylation is 1. The van der Waals surface area contributed by atoms with Gasteiger partial charge < -0.3 is 14.4 Å². The predicted molar refractivity (Wildman–Crippen MR) is 119 cm³/mol. The van der Waals surface area contributed by atoms with E-state index < -0.39 is 11.9 Å². The summed E-state index contributed by atoms with van der Waals surface area (Å²) in [4.78, 5) is 28.5. The van der Waals surface area contributed by atoms with E-state index in [0.29, 0.717) is 17.8 Å². The van der Waals surface area contributed by atoms with E-state index in [9.17, 15) is 9.59 Å². The summed E-state index contributed by atoms with van der Waals surface area (Å²) in [6.07, 6.45) is 0.476. The number of carbonyl (C=O) groups is 2. The number of hydrogen-bond donors (Lipinski definition) is 0. The third-order valence-corrected chi connectivity index (χ3v) is 5.23. The fraction of sp³-hybridized carbons (Fsp3) is 0.520. The molecule has 30 heavy (non-hydrogen) atoms. The van der Waals surface area contributed by atoms with Gasteiger partial charge in [0.1, 0.15) is 0 Å². The van der Waals surface area contributed by atoms with Crippen molar-refractivity contribution in [2.75, 3.05) is 6.61 Å². The number of hydrogen-bond acceptors (Lipinski definition) is 5. The molecule has 1 heterocycles. The van der Waals surface area contributed by atoms with Crippen LogP contribution in [0.4, 0.5) is 0 Å². The Morgan fingerprint density at radius 1 is 0.933 bits per heavy atom. The summed E-state index contributed by atoms with van der Waals surface area (Å²) < 4.78 is 11.2. The molecule has 1 aliphatic rings. The molecule has 0 fully saturated rings. The highest BCUT2D eigenvalue weighted by atomic mass is 16.5. The van der Waals surface area contributed by atoms with Crippen LogP contribution in [0.25, 0.3) is 0 Å². The van der Waals surface area contributed by atoms with Gasteiger partial charge >= 0.3 is 11.9 Å². The molecule has 5 heteroatoms. The normalized spacial score (nSPS) is 17.1. The topological polar surface area (TPSA) is 55.8 Å². The van der Waals surface area contributed by atoms with Crippen LogP contribution in [0.5, 0.6) is 0 Å². The standard InChI is InChI=1S/C25H35NO4/c1-9-14-29-24(27)21-18(7)26(15(2)3)19(8)22(25(28)30-16(4)5)23(21)20-12-10-17(6)11-13-20/h10-13,15-16,23H,9,14H2,1-8H3. The number of ether oxygens (including phenoxy) is 2. The van der Waals surface area contributed by atoms with Crippen molar-refractivity contribution >= 4 is 11.9 Å². The molecule has 0 bridgehead atoms. The Balaban J connectivity index is 2.75. The number of allylic oxidation sites excluding steroid dienone is 2. The van der Waals surface area contributed by atoms with Gasteiger partial charge in [0.05, 0.1) is 29.8 Å². The Morgan fingerprint density at radius 3 is 1.93 bits per heavy atom. The van der Waals surface area contributed by atoms with Crippen LogP contribution in [0.3, 0.4) is 0 Å². The lowest BCUT2D eigenvalue weighted by atomic mass is 9.79. The van der Waals surface area contributed by atoms with Crippen LogP contribution < -0.4 is 0 Å². The minimum absolute atomic E-state index is 0.0693. The molecule has 0 saturated carbocycles. The number of rotatable bonds is 7. The molecule has 0 saturated heterocycles. The van der Waals surface area contributed by atoms with Crippen LogP contribution in [0, 0.1) is 6.92 Å². The van der Waals surface area contributed by atoms with Crippen molar-refractivity contribution in [1.29, 1.82) is 0 Å². The Morgan fingerprint density at radius 2 is 1.47 bits per heavy atom. The largest absolute Gasteiger partial charge is 0.462 e. The van der Waals surface area contributed by atoms with Gasteiger partial charge in [-0.3, -0.25) is 0 Å². The summed E-state index contributed by atoms with van der Waals surface area (Å²) in [7, 11) is 0. The van der Waals surface area contributed by atoms with Gasteiger partial charge in [0, 0.05) is 17.4 Å². The van der Waals surface area contributed by atoms with Gasteiger partial charge in [-0.1, -0.05) is 36.8 Å². The van der Waals surface area contributed by atoms with E-state index >= 15 is 0 Å². The van der Waals surface area contributed by atoms with Gasteiger partial charge in [0.25, 0.3) is 0 Å². The summed E-state index contributed by atoms with van der Waals surface area (Å²) in [5.41, 5.74) is 4.61. The second-order valence-electron chi connectivity index (χ2n) is 8.40. The Kier molecular flexibility index (Phi) is 7.88. The number of esters is 2. The highest BCUT2D eigenvalue weighted by Gasteiger charge is 2.41. The van der Waals surface area contributed by atoms with Crippen LogP contribution in [0.15, 0.2) is 46.8 Å². The molecule has 2 rings (SSSR count). The van der Waals surface area contributed by atoms with Crippen LogP contribution >= 0.6 is 0 Å². The van der Waals surface area contributed by atoms with Crippen LogP contribution in [-0.4, -0.2) is 35.6 Å². The molecule has 0 radical (unpaired) electrons. The number of nitrogens with zero attached hydrogens (tertiary/aromatic N) is 1. The summed E-state index contributed by atoms with van der Waals surface area (Å²) >= 11 is 0. The van der Waals surface area contributed by atoms with Gasteiger partial charge in [-0.05, 0) is 60.5 Å². The van der Waals surface area contributed by atoms with Crippen molar-refractivity contribution < 1.29 is 19.1 Å². The maximum absolute atomic E-state index is 13.2. The summed E-state index contributed by atoms with van der Waals surface area (Å²) in [6, 6.07) is 8.01. The first-order chi connectivity index (χ1) is 14.1. The zero-order chi connectivity index (χ0) is 22.6. The van der Waals surface area contributed by atoms with Crippen molar-refractivity contribution in [1.82, 2.24) is 4.90 Å². The van der Waals surface area contributed by atoms with E-state index in [-0.39, 0.29) is 18.1 Å². The first-order valence-electron chi connectivity index (χ1n) is 10.8. The first kappa shape index (κ1) is 23.7. The SMILES string of the molecule is CCCOC(=O)C1=C(C)N(C(C)C)C(C)=C(C(=O)OC(C)C)C1c1ccc(C)cc1. The molecule has 1 aromatic rings. The summed E-state index contributed by atoms with van der Waals surface area (Å²) in [6.45, 7) is 15.9. The third-order valence-electron chi connectivity index (χ3n) is 5.23. The summed E-state index contributed by atoms with van der Waals surface area (Å²) in [5, 5.41) is 0. The molecular weight excluding hydrogens is 378 g/mol. The fourth-order valence-corrected chi connectivity index (χ4v) is 4.02. The van der Waals surface area contributed by atoms with Crippen LogP contribution in [0.2, 0.25) is 0 Å². The zero-order valence-corrected chi connectivity index (χ0v) is 19.5. The monoisotopic (exact) mass is 413 g/mol. The minimum Gasteiger partial charge on any atom is -0.462 e. The highest BCUT2D eigenvalue weighted by molar-refractivity contribution is 6.00. The fourth-order valence-electron chi connectivity index (χ4n) is 4.02. The lowest BCUT2D eigenvalue weighted by Gasteiger charge is -2.40. The van der Waals surface area contributed by atoms with E-state index in [1.165, 1.54) is 0 Å². The van der Waals surface area contributed by atoms with Crippen LogP contribution in [0.1, 0.15) is 71.9 Å². The predicted octanol–water partition coefficient (Wildman–Crippen LogP) is 5.26. The van der Waals surface area contributed by atoms with Gasteiger partial charge in [-0.25, -0.2) is 9.59 Å². The van der Waals surface area contributed by atoms with Gasteiger partial charge in [0.2, 0.25) is 0 Å². The van der Waals surface area contributed by atoms with Crippen molar-refractivity contribution in [2.24, 2.45) is 0 Å². The maximum Gasteiger partial charge on any atom is 0.337 e. The molecule has 5 nitrogen and oxygen atoms in total. The van der Waals surface area contributed by atoms with Crippen molar-refractivity contribution in [3.8, 4) is 0 Å². The molecule has 0 aliphatic carbocycles. The number of carbonyl (C=O) groups excluding carboxylic acids is 2. The van der Waals surface area contributed by atoms with Crippen molar-refractivity contribution in [3.05, 3.63) is 57.9 Å². The summed E-state index contributed by atoms with van der Waals surface area (Å²) in [5.74, 6) is -1.31. The molecule has 0 amide bonds. The Hall–Kier alpha value is -2.56. The quantitative estimate of drug-likeness (QED) is 0.571. The van der Waals surface area contributed by atoms with E-state index in [2.05, 4.69) is 0 Å². The molecular formula is C25H35NO4. The second kappa shape index (κ2) is 9.96. The van der Waals surface area contributed by atoms with Crippen molar-refractivity contribution in [3.63, 3.8) is 0 Å². The van der Waals surface area contributed by atoms with Crippen LogP contribution in [-0.2, 0) is 19.1 Å². The molecule has 1 unspecified atom stereocenters. The molecule has 0 N–H and O–H groups in total. The van der Waals surface area contributed by atoms with Gasteiger partial charge in [-0.2, -0.15) is 0 Å². The first-order valence-corrected chi connectivity index (χ1v) is 10.8. The lowest BCUT2D eigenvalue weighted by molar-refractivity contribution is -0.143. The number of benzene rings is 1. The smallest absolute Gasteiger partial charge is 0.337 e. The minimum atomic E-state index is -0.531. The second-order valence-corrected chi connectivity index (χ2v) is 8.40. The molecule has 0 aromatic heterocycles. The average molecular weight is 414 g/mol. The molecule has 1 aromatic carbocycles. The Bertz CT molecular complexity index is 846. The average Bonchev–Trinajstić information content (AvgIpc) is 2.65. The van der Waals surface area contributed by atoms with E-state index in [1.807, 2.05) is 84.6 Å². The van der Waals surface area contributed by atoms with E-state index in [0.717, 1.165) is 28.9 Å². The third kappa shape index (κ3) is 4.94. The van der Waals surface area contributed by atoms with Gasteiger partial charge in [0.15, 0.2) is 0 Å². The lowest BCUT2D eigenvalue weighted by Crippen LogP contribution is -2.38. The Labute approximate surface area is 180 Å².